The van der Waals surface area contributed by atoms with Crippen molar-refractivity contribution in [3.8, 4) is 11.5 Å². The molecule has 9 nitrogen and oxygen atoms in total. The summed E-state index contributed by atoms with van der Waals surface area (Å²) in [7, 11) is -2.68. The largest absolute Gasteiger partial charge is 0.497 e. The zero-order valence-electron chi connectivity index (χ0n) is 27.9. The van der Waals surface area contributed by atoms with Crippen LogP contribution in [0.15, 0.2) is 112 Å². The van der Waals surface area contributed by atoms with Crippen LogP contribution in [0.2, 0.25) is 0 Å². The van der Waals surface area contributed by atoms with Gasteiger partial charge >= 0.3 is 0 Å². The van der Waals surface area contributed by atoms with Gasteiger partial charge in [0.05, 0.1) is 24.3 Å². The molecule has 48 heavy (non-hydrogen) atoms. The minimum absolute atomic E-state index is 0.0121. The zero-order chi connectivity index (χ0) is 34.9. The van der Waals surface area contributed by atoms with E-state index in [0.29, 0.717) is 28.1 Å². The van der Waals surface area contributed by atoms with Crippen LogP contribution in [-0.4, -0.2) is 57.0 Å². The molecule has 2 amide bonds. The fourth-order valence-corrected chi connectivity index (χ4v) is 6.79. The Hall–Kier alpha value is -4.35. The second kappa shape index (κ2) is 16.2. The molecule has 0 saturated carbocycles. The molecule has 0 heterocycles. The van der Waals surface area contributed by atoms with E-state index < -0.39 is 34.1 Å². The van der Waals surface area contributed by atoms with Crippen molar-refractivity contribution in [1.29, 1.82) is 0 Å². The number of hydrogen-bond donors (Lipinski definition) is 1. The van der Waals surface area contributed by atoms with E-state index in [4.69, 9.17) is 9.47 Å². The van der Waals surface area contributed by atoms with Gasteiger partial charge in [-0.25, -0.2) is 8.42 Å². The summed E-state index contributed by atoms with van der Waals surface area (Å²) >= 11 is 3.37. The molecule has 0 bridgehead atoms. The highest BCUT2D eigenvalue weighted by Crippen LogP contribution is 2.28. The van der Waals surface area contributed by atoms with Crippen LogP contribution in [0.3, 0.4) is 0 Å². The van der Waals surface area contributed by atoms with Gasteiger partial charge in [0.15, 0.2) is 0 Å². The van der Waals surface area contributed by atoms with Gasteiger partial charge in [0.2, 0.25) is 11.8 Å². The second-order valence-corrected chi connectivity index (χ2v) is 15.0. The van der Waals surface area contributed by atoms with Gasteiger partial charge in [-0.15, -0.1) is 0 Å². The molecule has 1 N–H and O–H groups in total. The number of sulfonamides is 1. The van der Waals surface area contributed by atoms with Gasteiger partial charge in [0, 0.05) is 23.0 Å². The molecule has 4 aromatic carbocycles. The molecule has 0 aliphatic heterocycles. The Balaban J connectivity index is 1.83. The fraction of sp³-hybridized carbons (Fsp3) is 0.297. The molecule has 0 aromatic heterocycles. The number of nitrogens with one attached hydrogen (secondary N) is 1. The van der Waals surface area contributed by atoms with E-state index in [1.165, 1.54) is 17.0 Å². The average Bonchev–Trinajstić information content (AvgIpc) is 3.05. The maximum atomic E-state index is 14.7. The van der Waals surface area contributed by atoms with E-state index in [1.54, 1.807) is 55.6 Å². The van der Waals surface area contributed by atoms with Gasteiger partial charge < -0.3 is 19.7 Å². The van der Waals surface area contributed by atoms with Crippen molar-refractivity contribution in [2.24, 2.45) is 0 Å². The Morgan fingerprint density at radius 3 is 2.10 bits per heavy atom. The van der Waals surface area contributed by atoms with Crippen LogP contribution in [0.25, 0.3) is 0 Å². The Morgan fingerprint density at radius 1 is 0.854 bits per heavy atom. The third-order valence-corrected chi connectivity index (χ3v) is 9.69. The Bertz CT molecular complexity index is 1780. The highest BCUT2D eigenvalue weighted by molar-refractivity contribution is 9.10. The highest BCUT2D eigenvalue weighted by Gasteiger charge is 2.35. The number of amides is 2. The molecule has 254 valence electrons. The van der Waals surface area contributed by atoms with Crippen LogP contribution >= 0.6 is 15.9 Å². The molecular weight excluding hydrogens is 694 g/mol. The number of carbonyl (C=O) groups is 2. The lowest BCUT2D eigenvalue weighted by molar-refractivity contribution is -0.140. The normalized spacial score (nSPS) is 12.1. The van der Waals surface area contributed by atoms with Crippen LogP contribution in [0.1, 0.15) is 38.8 Å². The minimum atomic E-state index is -4.24. The molecule has 4 rings (SSSR count). The molecule has 0 radical (unpaired) electrons. The van der Waals surface area contributed by atoms with E-state index in [0.717, 1.165) is 9.87 Å². The van der Waals surface area contributed by atoms with Crippen molar-refractivity contribution in [3.63, 3.8) is 0 Å². The molecule has 0 aliphatic rings. The van der Waals surface area contributed by atoms with Crippen molar-refractivity contribution < 1.29 is 27.5 Å². The van der Waals surface area contributed by atoms with Gasteiger partial charge in [-0.2, -0.15) is 0 Å². The van der Waals surface area contributed by atoms with Crippen molar-refractivity contribution in [1.82, 2.24) is 10.2 Å². The molecule has 11 heteroatoms. The van der Waals surface area contributed by atoms with Crippen LogP contribution in [0.4, 0.5) is 5.69 Å². The van der Waals surface area contributed by atoms with Crippen molar-refractivity contribution in [2.45, 2.75) is 57.1 Å². The summed E-state index contributed by atoms with van der Waals surface area (Å²) < 4.78 is 41.3. The van der Waals surface area contributed by atoms with Gasteiger partial charge in [-0.3, -0.25) is 13.9 Å². The predicted molar refractivity (Wildman–Crippen MR) is 192 cm³/mol. The summed E-state index contributed by atoms with van der Waals surface area (Å²) in [6.07, 6.45) is 0.209. The number of hydrogen-bond acceptors (Lipinski definition) is 6. The standard InChI is InChI=1S/C37H42BrN3O6S/c1-6-47-31-19-17-30(18-20-31)41(48(44,45)33-21-15-29(38)16-22-33)26-35(42)40(25-28-13-10-14-32(23-28)46-5)34(36(43)39-37(2,3)4)24-27-11-8-7-9-12-27/h7-23,34H,6,24-26H2,1-5H3,(H,39,43)/t34-/m0/s1. The molecular formula is C37H42BrN3O6S. The van der Waals surface area contributed by atoms with Crippen molar-refractivity contribution in [2.75, 3.05) is 24.6 Å². The third-order valence-electron chi connectivity index (χ3n) is 7.37. The Kier molecular flexibility index (Phi) is 12.3. The number of benzene rings is 4. The van der Waals surface area contributed by atoms with Gasteiger partial charge in [-0.1, -0.05) is 58.4 Å². The Morgan fingerprint density at radius 2 is 1.50 bits per heavy atom. The quantitative estimate of drug-likeness (QED) is 0.156. The SMILES string of the molecule is CCOc1ccc(N(CC(=O)N(Cc2cccc(OC)c2)[C@@H](Cc2ccccc2)C(=O)NC(C)(C)C)S(=O)(=O)c2ccc(Br)cc2)cc1. The number of methoxy groups -OCH3 is 1. The first-order chi connectivity index (χ1) is 22.8. The van der Waals surface area contributed by atoms with E-state index >= 15 is 0 Å². The number of halogens is 1. The van der Waals surface area contributed by atoms with Gasteiger partial charge in [-0.05, 0) is 99.5 Å². The van der Waals surface area contributed by atoms with Gasteiger partial charge in [0.25, 0.3) is 10.0 Å². The molecule has 0 saturated heterocycles. The molecule has 1 atom stereocenters. The summed E-state index contributed by atoms with van der Waals surface area (Å²) in [5.41, 5.74) is 1.25. The van der Waals surface area contributed by atoms with E-state index in [2.05, 4.69) is 21.2 Å². The first kappa shape index (κ1) is 36.5. The molecule has 4 aromatic rings. The summed E-state index contributed by atoms with van der Waals surface area (Å²) in [5.74, 6) is 0.242. The maximum absolute atomic E-state index is 14.7. The maximum Gasteiger partial charge on any atom is 0.264 e. The summed E-state index contributed by atoms with van der Waals surface area (Å²) in [5, 5.41) is 3.04. The minimum Gasteiger partial charge on any atom is -0.497 e. The zero-order valence-corrected chi connectivity index (χ0v) is 30.3. The first-order valence-corrected chi connectivity index (χ1v) is 17.8. The smallest absolute Gasteiger partial charge is 0.264 e. The lowest BCUT2D eigenvalue weighted by Crippen LogP contribution is -2.56. The van der Waals surface area contributed by atoms with Crippen LogP contribution in [0, 0.1) is 0 Å². The second-order valence-electron chi connectivity index (χ2n) is 12.2. The lowest BCUT2D eigenvalue weighted by Gasteiger charge is -2.35. The topological polar surface area (TPSA) is 105 Å². The number of nitrogens with zero attached hydrogens (tertiary/aromatic N) is 2. The van der Waals surface area contributed by atoms with Crippen molar-refractivity contribution >= 4 is 43.5 Å². The highest BCUT2D eigenvalue weighted by atomic mass is 79.9. The Labute approximate surface area is 292 Å². The van der Waals surface area contributed by atoms with Crippen LogP contribution < -0.4 is 19.1 Å². The summed E-state index contributed by atoms with van der Waals surface area (Å²) in [6, 6.07) is 28.5. The third kappa shape index (κ3) is 9.84. The number of ether oxygens (including phenoxy) is 2. The molecule has 0 unspecified atom stereocenters. The number of anilines is 1. The number of rotatable bonds is 14. The van der Waals surface area contributed by atoms with Crippen LogP contribution in [-0.2, 0) is 32.6 Å². The number of carbonyl (C=O) groups excluding carboxylic acids is 2. The predicted octanol–water partition coefficient (Wildman–Crippen LogP) is 6.61. The molecule has 0 spiro atoms. The summed E-state index contributed by atoms with van der Waals surface area (Å²) in [6.45, 7) is 7.38. The van der Waals surface area contributed by atoms with Crippen molar-refractivity contribution in [3.05, 3.63) is 119 Å². The van der Waals surface area contributed by atoms with E-state index in [1.807, 2.05) is 70.2 Å². The first-order valence-electron chi connectivity index (χ1n) is 15.6. The van der Waals surface area contributed by atoms with Crippen LogP contribution in [0.5, 0.6) is 11.5 Å². The molecule has 0 fully saturated rings. The fourth-order valence-electron chi connectivity index (χ4n) is 5.11. The van der Waals surface area contributed by atoms with Gasteiger partial charge in [0.1, 0.15) is 24.1 Å². The van der Waals surface area contributed by atoms with E-state index in [-0.39, 0.29) is 29.5 Å². The average molecular weight is 737 g/mol. The lowest BCUT2D eigenvalue weighted by atomic mass is 10.0. The molecule has 0 aliphatic carbocycles. The monoisotopic (exact) mass is 735 g/mol. The van der Waals surface area contributed by atoms with E-state index in [9.17, 15) is 18.0 Å². The summed E-state index contributed by atoms with van der Waals surface area (Å²) in [4.78, 5) is 30.2.